The minimum absolute atomic E-state index is 0.109. The summed E-state index contributed by atoms with van der Waals surface area (Å²) in [5.41, 5.74) is 0. The van der Waals surface area contributed by atoms with Crippen molar-refractivity contribution in [2.45, 2.75) is 502 Å². The van der Waals surface area contributed by atoms with E-state index in [1.165, 1.54) is 308 Å². The van der Waals surface area contributed by atoms with Gasteiger partial charge >= 0.3 is 39.5 Å². The maximum absolute atomic E-state index is 13.2. The number of carbonyl (C=O) groups is 4. The highest BCUT2D eigenvalue weighted by atomic mass is 31.2. The van der Waals surface area contributed by atoms with E-state index in [1.54, 1.807) is 0 Å². The summed E-state index contributed by atoms with van der Waals surface area (Å²) in [6.07, 6.45) is 76.3. The Morgan fingerprint density at radius 2 is 0.426 bits per heavy atom. The summed E-state index contributed by atoms with van der Waals surface area (Å²) in [4.78, 5) is 73.4. The van der Waals surface area contributed by atoms with Crippen molar-refractivity contribution in [2.24, 2.45) is 5.92 Å². The maximum atomic E-state index is 13.2. The van der Waals surface area contributed by atoms with Gasteiger partial charge < -0.3 is 33.8 Å². The van der Waals surface area contributed by atoms with Crippen LogP contribution in [0.5, 0.6) is 0 Å². The number of rotatable bonds is 89. The van der Waals surface area contributed by atoms with Crippen LogP contribution in [0, 0.1) is 5.92 Å². The van der Waals surface area contributed by atoms with E-state index >= 15 is 0 Å². The first-order valence-corrected chi connectivity index (χ1v) is 49.1. The third-order valence-electron chi connectivity index (χ3n) is 21.0. The number of aliphatic hydroxyl groups is 1. The van der Waals surface area contributed by atoms with Crippen LogP contribution in [0.1, 0.15) is 484 Å². The fraction of sp³-hybridized carbons (Fsp3) is 0.955. The lowest BCUT2D eigenvalue weighted by Gasteiger charge is -2.21. The lowest BCUT2D eigenvalue weighted by atomic mass is 10.0. The van der Waals surface area contributed by atoms with Crippen LogP contribution in [0.4, 0.5) is 0 Å². The van der Waals surface area contributed by atoms with Gasteiger partial charge in [-0.05, 0) is 31.6 Å². The molecule has 5 atom stereocenters. The van der Waals surface area contributed by atoms with Crippen molar-refractivity contribution in [3.05, 3.63) is 0 Å². The van der Waals surface area contributed by atoms with E-state index in [0.29, 0.717) is 25.7 Å². The fourth-order valence-electron chi connectivity index (χ4n) is 14.0. The molecule has 0 heterocycles. The molecule has 17 nitrogen and oxygen atoms in total. The third kappa shape index (κ3) is 82.1. The van der Waals surface area contributed by atoms with Crippen LogP contribution in [0.3, 0.4) is 0 Å². The fourth-order valence-corrected chi connectivity index (χ4v) is 15.6. The number of aliphatic hydroxyl groups excluding tert-OH is 1. The zero-order valence-electron chi connectivity index (χ0n) is 71.0. The van der Waals surface area contributed by atoms with Crippen molar-refractivity contribution < 1.29 is 80.2 Å². The van der Waals surface area contributed by atoms with Crippen LogP contribution in [0.15, 0.2) is 0 Å². The van der Waals surface area contributed by atoms with E-state index in [-0.39, 0.29) is 25.7 Å². The second-order valence-electron chi connectivity index (χ2n) is 32.5. The van der Waals surface area contributed by atoms with Crippen molar-refractivity contribution in [2.75, 3.05) is 39.6 Å². The first-order chi connectivity index (χ1) is 52.5. The number of phosphoric acid groups is 2. The summed E-state index contributed by atoms with van der Waals surface area (Å²) in [6.45, 7) is 7.43. The Balaban J connectivity index is 5.25. The molecule has 0 fully saturated rings. The van der Waals surface area contributed by atoms with Crippen LogP contribution in [-0.4, -0.2) is 96.7 Å². The molecular weight excluding hydrogens is 1400 g/mol. The van der Waals surface area contributed by atoms with Gasteiger partial charge in [0.1, 0.15) is 19.3 Å². The van der Waals surface area contributed by atoms with Crippen molar-refractivity contribution in [3.63, 3.8) is 0 Å². The highest BCUT2D eigenvalue weighted by Gasteiger charge is 2.30. The number of hydrogen-bond acceptors (Lipinski definition) is 15. The molecule has 0 aliphatic heterocycles. The maximum Gasteiger partial charge on any atom is 0.472 e. The van der Waals surface area contributed by atoms with Gasteiger partial charge in [0.15, 0.2) is 12.2 Å². The van der Waals surface area contributed by atoms with Gasteiger partial charge in [-0.2, -0.15) is 0 Å². The second-order valence-corrected chi connectivity index (χ2v) is 35.4. The van der Waals surface area contributed by atoms with Gasteiger partial charge in [0, 0.05) is 25.7 Å². The van der Waals surface area contributed by atoms with E-state index < -0.39 is 97.5 Å². The van der Waals surface area contributed by atoms with Crippen LogP contribution in [-0.2, 0) is 65.4 Å². The lowest BCUT2D eigenvalue weighted by molar-refractivity contribution is -0.161. The molecular formula is C89H174O17P2. The first-order valence-electron chi connectivity index (χ1n) is 46.1. The SMILES string of the molecule is CCCCCCCCCCCCCCCCCCCCC(=O)OC[C@H](COP(=O)(O)OC[C@@H](O)COP(=O)(O)OC[C@@H](COC(=O)CCCCCCCCCCCCCC)OC(=O)CCCCCCCCCCCCCCCCCCC)OC(=O)CCCCCCCCCCCCCCCCCCCCC(C)C. The number of unbranched alkanes of at least 4 members (excludes halogenated alkanes) is 61. The highest BCUT2D eigenvalue weighted by molar-refractivity contribution is 7.47. The molecule has 0 aromatic rings. The van der Waals surface area contributed by atoms with Crippen LogP contribution in [0.25, 0.3) is 0 Å². The van der Waals surface area contributed by atoms with E-state index in [4.69, 9.17) is 37.0 Å². The summed E-state index contributed by atoms with van der Waals surface area (Å²) in [5, 5.41) is 10.7. The molecule has 0 saturated heterocycles. The molecule has 108 heavy (non-hydrogen) atoms. The molecule has 0 amide bonds. The summed E-state index contributed by atoms with van der Waals surface area (Å²) in [5.74, 6) is -1.27. The smallest absolute Gasteiger partial charge is 0.462 e. The van der Waals surface area contributed by atoms with Gasteiger partial charge in [-0.15, -0.1) is 0 Å². The quantitative estimate of drug-likeness (QED) is 0.0222. The Morgan fingerprint density at radius 1 is 0.250 bits per heavy atom. The predicted octanol–water partition coefficient (Wildman–Crippen LogP) is 27.5. The first kappa shape index (κ1) is 106. The zero-order valence-corrected chi connectivity index (χ0v) is 72.8. The van der Waals surface area contributed by atoms with Crippen molar-refractivity contribution in [1.29, 1.82) is 0 Å². The Hall–Kier alpha value is -1.94. The van der Waals surface area contributed by atoms with E-state index in [9.17, 15) is 43.2 Å². The Labute approximate surface area is 664 Å². The lowest BCUT2D eigenvalue weighted by Crippen LogP contribution is -2.30. The van der Waals surface area contributed by atoms with Gasteiger partial charge in [-0.25, -0.2) is 9.13 Å². The molecule has 0 bridgehead atoms. The van der Waals surface area contributed by atoms with Gasteiger partial charge in [-0.3, -0.25) is 37.3 Å². The number of hydrogen-bond donors (Lipinski definition) is 3. The predicted molar refractivity (Wildman–Crippen MR) is 446 cm³/mol. The molecule has 19 heteroatoms. The van der Waals surface area contributed by atoms with Crippen molar-refractivity contribution in [1.82, 2.24) is 0 Å². The minimum Gasteiger partial charge on any atom is -0.462 e. The number of ether oxygens (including phenoxy) is 4. The monoisotopic (exact) mass is 1580 g/mol. The molecule has 0 aliphatic carbocycles. The zero-order chi connectivity index (χ0) is 79.0. The second kappa shape index (κ2) is 81.6. The normalized spacial score (nSPS) is 13.7. The summed E-state index contributed by atoms with van der Waals surface area (Å²) >= 11 is 0. The topological polar surface area (TPSA) is 237 Å². The third-order valence-corrected chi connectivity index (χ3v) is 22.9. The Bertz CT molecular complexity index is 2050. The van der Waals surface area contributed by atoms with Gasteiger partial charge in [0.2, 0.25) is 0 Å². The van der Waals surface area contributed by atoms with E-state index in [2.05, 4.69) is 34.6 Å². The largest absolute Gasteiger partial charge is 0.472 e. The molecule has 0 radical (unpaired) electrons. The number of carbonyl (C=O) groups excluding carboxylic acids is 4. The molecule has 2 unspecified atom stereocenters. The standard InChI is InChI=1S/C89H174O17P2/c1-6-9-12-15-18-21-24-27-29-31-36-39-43-48-53-58-63-68-73-87(92)100-79-85(106-89(94)75-70-65-60-55-50-45-41-37-33-32-35-38-42-46-51-56-61-66-71-82(4)5)81-104-108(97,98)102-77-83(90)76-101-107(95,96)103-80-84(78-99-86(91)72-67-62-57-52-47-26-23-20-17-14-11-8-3)105-88(93)74-69-64-59-54-49-44-40-34-30-28-25-22-19-16-13-10-7-2/h82-85,90H,6-81H2,1-5H3,(H,95,96)(H,97,98)/t83-,84+,85+/m0/s1. The van der Waals surface area contributed by atoms with Gasteiger partial charge in [0.25, 0.3) is 0 Å². The molecule has 0 rings (SSSR count). The summed E-state index contributed by atoms with van der Waals surface area (Å²) in [7, 11) is -9.93. The van der Waals surface area contributed by atoms with Crippen LogP contribution in [0.2, 0.25) is 0 Å². The van der Waals surface area contributed by atoms with Gasteiger partial charge in [-0.1, -0.05) is 433 Å². The molecule has 0 aromatic heterocycles. The molecule has 0 saturated carbocycles. The van der Waals surface area contributed by atoms with Crippen molar-refractivity contribution >= 4 is 39.5 Å². The molecule has 0 spiro atoms. The Kier molecular flexibility index (Phi) is 80.2. The molecule has 3 N–H and O–H groups in total. The van der Waals surface area contributed by atoms with E-state index in [0.717, 1.165) is 95.8 Å². The minimum atomic E-state index is -4.97. The summed E-state index contributed by atoms with van der Waals surface area (Å²) < 4.78 is 69.0. The van der Waals surface area contributed by atoms with Gasteiger partial charge in [0.05, 0.1) is 26.4 Å². The van der Waals surface area contributed by atoms with Crippen LogP contribution < -0.4 is 0 Å². The van der Waals surface area contributed by atoms with Crippen molar-refractivity contribution in [3.8, 4) is 0 Å². The molecule has 642 valence electrons. The average molecular weight is 1580 g/mol. The summed E-state index contributed by atoms with van der Waals surface area (Å²) in [6, 6.07) is 0. The highest BCUT2D eigenvalue weighted by Crippen LogP contribution is 2.45. The van der Waals surface area contributed by atoms with E-state index in [1.807, 2.05) is 0 Å². The average Bonchev–Trinajstić information content (AvgIpc) is 0.900. The number of esters is 4. The Morgan fingerprint density at radius 3 is 0.630 bits per heavy atom. The van der Waals surface area contributed by atoms with Crippen LogP contribution >= 0.6 is 15.6 Å². The molecule has 0 aromatic carbocycles. The number of phosphoric ester groups is 2. The molecule has 0 aliphatic rings.